The van der Waals surface area contributed by atoms with Crippen molar-refractivity contribution in [3.8, 4) is 0 Å². The monoisotopic (exact) mass is 244 g/mol. The van der Waals surface area contributed by atoms with Gasteiger partial charge in [0.25, 0.3) is 0 Å². The van der Waals surface area contributed by atoms with Crippen molar-refractivity contribution in [3.63, 3.8) is 0 Å². The average molecular weight is 244 g/mol. The van der Waals surface area contributed by atoms with Gasteiger partial charge in [0, 0.05) is 12.4 Å². The Kier molecular flexibility index (Phi) is 2.80. The molecule has 0 radical (unpaired) electrons. The minimum Gasteiger partial charge on any atom is -0.462 e. The van der Waals surface area contributed by atoms with E-state index in [2.05, 4.69) is 5.32 Å². The standard InChI is InChI=1S/C14H16N2O2/c1-16(14(17)11-6-4-8-15-11)12-9-18-13-7-3-2-5-10(12)13/h2-3,5,7,9,11,15H,4,6,8H2,1H3. The molecule has 1 atom stereocenters. The van der Waals surface area contributed by atoms with E-state index in [0.717, 1.165) is 36.0 Å². The summed E-state index contributed by atoms with van der Waals surface area (Å²) < 4.78 is 5.47. The Morgan fingerprint density at radius 1 is 1.44 bits per heavy atom. The van der Waals surface area contributed by atoms with E-state index in [1.54, 1.807) is 18.2 Å². The van der Waals surface area contributed by atoms with Gasteiger partial charge in [-0.25, -0.2) is 0 Å². The number of carbonyl (C=O) groups excluding carboxylic acids is 1. The Hall–Kier alpha value is -1.81. The zero-order valence-corrected chi connectivity index (χ0v) is 10.3. The zero-order valence-electron chi connectivity index (χ0n) is 10.3. The Labute approximate surface area is 106 Å². The number of nitrogens with zero attached hydrogens (tertiary/aromatic N) is 1. The summed E-state index contributed by atoms with van der Waals surface area (Å²) in [5.74, 6) is 0.110. The highest BCUT2D eigenvalue weighted by Gasteiger charge is 2.26. The molecule has 1 fully saturated rings. The number of amides is 1. The van der Waals surface area contributed by atoms with Crippen LogP contribution in [0.4, 0.5) is 5.69 Å². The van der Waals surface area contributed by atoms with Crippen molar-refractivity contribution in [2.75, 3.05) is 18.5 Å². The van der Waals surface area contributed by atoms with E-state index in [4.69, 9.17) is 4.42 Å². The van der Waals surface area contributed by atoms with E-state index >= 15 is 0 Å². The fourth-order valence-electron chi connectivity index (χ4n) is 2.47. The summed E-state index contributed by atoms with van der Waals surface area (Å²) in [6.07, 6.45) is 3.63. The molecule has 94 valence electrons. The highest BCUT2D eigenvalue weighted by atomic mass is 16.3. The number of benzene rings is 1. The second-order valence-electron chi connectivity index (χ2n) is 4.66. The number of hydrogen-bond acceptors (Lipinski definition) is 3. The number of likely N-dealkylation sites (N-methyl/N-ethyl adjacent to an activating group) is 1. The molecule has 4 nitrogen and oxygen atoms in total. The van der Waals surface area contributed by atoms with Gasteiger partial charge in [0.2, 0.25) is 5.91 Å². The molecule has 0 spiro atoms. The van der Waals surface area contributed by atoms with E-state index in [9.17, 15) is 4.79 Å². The highest BCUT2D eigenvalue weighted by Crippen LogP contribution is 2.28. The molecule has 18 heavy (non-hydrogen) atoms. The Morgan fingerprint density at radius 2 is 2.28 bits per heavy atom. The molecule has 1 aromatic heterocycles. The van der Waals surface area contributed by atoms with Crippen LogP contribution in [0.2, 0.25) is 0 Å². The van der Waals surface area contributed by atoms with Gasteiger partial charge in [0.05, 0.1) is 11.7 Å². The molecule has 0 bridgehead atoms. The first-order valence-corrected chi connectivity index (χ1v) is 6.24. The third-order valence-corrected chi connectivity index (χ3v) is 3.51. The second kappa shape index (κ2) is 4.46. The maximum absolute atomic E-state index is 12.3. The van der Waals surface area contributed by atoms with Gasteiger partial charge in [-0.1, -0.05) is 12.1 Å². The largest absolute Gasteiger partial charge is 0.462 e. The van der Waals surface area contributed by atoms with Gasteiger partial charge in [-0.05, 0) is 31.5 Å². The van der Waals surface area contributed by atoms with Crippen LogP contribution in [0.25, 0.3) is 11.0 Å². The van der Waals surface area contributed by atoms with E-state index in [-0.39, 0.29) is 11.9 Å². The summed E-state index contributed by atoms with van der Waals surface area (Å²) in [6.45, 7) is 0.927. The maximum Gasteiger partial charge on any atom is 0.243 e. The third-order valence-electron chi connectivity index (χ3n) is 3.51. The van der Waals surface area contributed by atoms with Crippen LogP contribution in [0.3, 0.4) is 0 Å². The van der Waals surface area contributed by atoms with Crippen LogP contribution >= 0.6 is 0 Å². The first-order chi connectivity index (χ1) is 8.77. The number of nitrogens with one attached hydrogen (secondary N) is 1. The summed E-state index contributed by atoms with van der Waals surface area (Å²) in [5.41, 5.74) is 1.65. The van der Waals surface area contributed by atoms with Gasteiger partial charge in [0.1, 0.15) is 11.8 Å². The number of anilines is 1. The molecule has 0 saturated carbocycles. The third kappa shape index (κ3) is 1.78. The Bertz CT molecular complexity index is 570. The first kappa shape index (κ1) is 11.3. The Morgan fingerprint density at radius 3 is 3.06 bits per heavy atom. The van der Waals surface area contributed by atoms with Gasteiger partial charge >= 0.3 is 0 Å². The van der Waals surface area contributed by atoms with Crippen LogP contribution in [0.5, 0.6) is 0 Å². The van der Waals surface area contributed by atoms with E-state index in [0.29, 0.717) is 0 Å². The number of para-hydroxylation sites is 1. The fourth-order valence-corrected chi connectivity index (χ4v) is 2.47. The van der Waals surface area contributed by atoms with E-state index in [1.165, 1.54) is 0 Å². The SMILES string of the molecule is CN(C(=O)C1CCCN1)c1coc2ccccc12. The molecule has 2 aromatic rings. The Balaban J connectivity index is 1.91. The van der Waals surface area contributed by atoms with Crippen molar-refractivity contribution in [3.05, 3.63) is 30.5 Å². The van der Waals surface area contributed by atoms with Crippen molar-refractivity contribution in [2.24, 2.45) is 0 Å². The average Bonchev–Trinajstić information content (AvgIpc) is 3.06. The number of rotatable bonds is 2. The minimum atomic E-state index is -0.0522. The van der Waals surface area contributed by atoms with Gasteiger partial charge in [0.15, 0.2) is 0 Å². The van der Waals surface area contributed by atoms with Crippen LogP contribution in [0, 0.1) is 0 Å². The molecule has 0 aliphatic carbocycles. The number of furan rings is 1. The van der Waals surface area contributed by atoms with Gasteiger partial charge in [-0.15, -0.1) is 0 Å². The normalized spacial score (nSPS) is 19.3. The zero-order chi connectivity index (χ0) is 12.5. The molecule has 1 aromatic carbocycles. The lowest BCUT2D eigenvalue weighted by Crippen LogP contribution is -2.41. The van der Waals surface area contributed by atoms with Crippen molar-refractivity contribution in [1.82, 2.24) is 5.32 Å². The summed E-state index contributed by atoms with van der Waals surface area (Å²) in [5, 5.41) is 4.20. The molecule has 2 heterocycles. The van der Waals surface area contributed by atoms with E-state index < -0.39 is 0 Å². The second-order valence-corrected chi connectivity index (χ2v) is 4.66. The number of carbonyl (C=O) groups is 1. The molecular formula is C14H16N2O2. The summed E-state index contributed by atoms with van der Waals surface area (Å²) >= 11 is 0. The topological polar surface area (TPSA) is 45.5 Å². The van der Waals surface area contributed by atoms with Crippen molar-refractivity contribution in [1.29, 1.82) is 0 Å². The van der Waals surface area contributed by atoms with Crippen molar-refractivity contribution in [2.45, 2.75) is 18.9 Å². The predicted molar refractivity (Wildman–Crippen MR) is 70.6 cm³/mol. The molecule has 4 heteroatoms. The van der Waals surface area contributed by atoms with Gasteiger partial charge in [-0.3, -0.25) is 4.79 Å². The lowest BCUT2D eigenvalue weighted by Gasteiger charge is -2.19. The summed E-state index contributed by atoms with van der Waals surface area (Å²) in [4.78, 5) is 14.0. The quantitative estimate of drug-likeness (QED) is 0.880. The smallest absolute Gasteiger partial charge is 0.243 e. The molecule has 1 saturated heterocycles. The molecular weight excluding hydrogens is 228 g/mol. The molecule has 3 rings (SSSR count). The molecule has 1 unspecified atom stereocenters. The molecule has 1 aliphatic rings. The lowest BCUT2D eigenvalue weighted by molar-refractivity contribution is -0.119. The molecule has 1 amide bonds. The molecule has 1 aliphatic heterocycles. The van der Waals surface area contributed by atoms with Crippen LogP contribution in [0.1, 0.15) is 12.8 Å². The summed E-state index contributed by atoms with van der Waals surface area (Å²) in [7, 11) is 1.81. The van der Waals surface area contributed by atoms with Crippen molar-refractivity contribution < 1.29 is 9.21 Å². The van der Waals surface area contributed by atoms with Gasteiger partial charge in [-0.2, -0.15) is 0 Å². The maximum atomic E-state index is 12.3. The van der Waals surface area contributed by atoms with Crippen LogP contribution < -0.4 is 10.2 Å². The van der Waals surface area contributed by atoms with Gasteiger partial charge < -0.3 is 14.6 Å². The fraction of sp³-hybridized carbons (Fsp3) is 0.357. The predicted octanol–water partition coefficient (Wildman–Crippen LogP) is 2.15. The highest BCUT2D eigenvalue weighted by molar-refractivity contribution is 6.04. The minimum absolute atomic E-state index is 0.0522. The van der Waals surface area contributed by atoms with E-state index in [1.807, 2.05) is 24.3 Å². The summed E-state index contributed by atoms with van der Waals surface area (Å²) in [6, 6.07) is 7.71. The first-order valence-electron chi connectivity index (χ1n) is 6.24. The van der Waals surface area contributed by atoms with Crippen LogP contribution in [-0.2, 0) is 4.79 Å². The van der Waals surface area contributed by atoms with Crippen molar-refractivity contribution >= 4 is 22.6 Å². The van der Waals surface area contributed by atoms with Crippen LogP contribution in [0.15, 0.2) is 34.9 Å². The molecule has 1 N–H and O–H groups in total. The number of hydrogen-bond donors (Lipinski definition) is 1. The lowest BCUT2D eigenvalue weighted by atomic mass is 10.2. The number of fused-ring (bicyclic) bond motifs is 1. The van der Waals surface area contributed by atoms with Crippen LogP contribution in [-0.4, -0.2) is 25.5 Å².